The lowest BCUT2D eigenvalue weighted by Crippen LogP contribution is -1.63. The fourth-order valence-electron chi connectivity index (χ4n) is 0.974. The molecule has 0 heterocycles. The Bertz CT molecular complexity index is 425. The molecule has 0 unspecified atom stereocenters. The molecule has 0 heteroatoms. The zero-order chi connectivity index (χ0) is 14.3. The van der Waals surface area contributed by atoms with Crippen molar-refractivity contribution in [2.24, 2.45) is 0 Å². The summed E-state index contributed by atoms with van der Waals surface area (Å²) in [6.07, 6.45) is 3.56. The fraction of sp³-hybridized carbons (Fsp3) is 0.0526. The molecule has 0 nitrogen and oxygen atoms in total. The van der Waals surface area contributed by atoms with Crippen LogP contribution in [0.3, 0.4) is 0 Å². The van der Waals surface area contributed by atoms with Gasteiger partial charge in [-0.1, -0.05) is 104 Å². The Morgan fingerprint density at radius 2 is 1.11 bits per heavy atom. The van der Waals surface area contributed by atoms with E-state index in [4.69, 9.17) is 0 Å². The predicted octanol–water partition coefficient (Wildman–Crippen LogP) is 5.76. The van der Waals surface area contributed by atoms with Crippen molar-refractivity contribution < 1.29 is 0 Å². The lowest BCUT2D eigenvalue weighted by Gasteiger charge is -1.85. The van der Waals surface area contributed by atoms with Crippen molar-refractivity contribution in [3.8, 4) is 0 Å². The van der Waals surface area contributed by atoms with Gasteiger partial charge in [0.1, 0.15) is 0 Å². The minimum Gasteiger partial charge on any atom is -0.0988 e. The average Bonchev–Trinajstić information content (AvgIpc) is 2.51. The number of hydrogen-bond acceptors (Lipinski definition) is 0. The van der Waals surface area contributed by atoms with E-state index in [9.17, 15) is 0 Å². The molecule has 0 aromatic heterocycles. The van der Waals surface area contributed by atoms with Crippen LogP contribution in [0.25, 0.3) is 6.08 Å². The summed E-state index contributed by atoms with van der Waals surface area (Å²) in [4.78, 5) is 0. The highest BCUT2D eigenvalue weighted by Crippen LogP contribution is 1.97. The second kappa shape index (κ2) is 12.1. The highest BCUT2D eigenvalue weighted by atomic mass is 13.8. The van der Waals surface area contributed by atoms with E-state index < -0.39 is 0 Å². The Kier molecular flexibility index (Phi) is 10.6. The third kappa shape index (κ3) is 11.9. The van der Waals surface area contributed by atoms with Crippen LogP contribution in [0, 0.1) is 0 Å². The van der Waals surface area contributed by atoms with Gasteiger partial charge in [-0.25, -0.2) is 0 Å². The molecular formula is C19H22. The Balaban J connectivity index is 0.000000265. The Morgan fingerprint density at radius 3 is 1.32 bits per heavy atom. The molecule has 0 N–H and O–H groups in total. The minimum atomic E-state index is 1.02. The molecule has 19 heavy (non-hydrogen) atoms. The van der Waals surface area contributed by atoms with Gasteiger partial charge in [0, 0.05) is 0 Å². The summed E-state index contributed by atoms with van der Waals surface area (Å²) < 4.78 is 0. The zero-order valence-corrected chi connectivity index (χ0v) is 11.6. The normalized spacial score (nSPS) is 7.84. The fourth-order valence-corrected chi connectivity index (χ4v) is 0.974. The maximum atomic E-state index is 3.63. The van der Waals surface area contributed by atoms with Gasteiger partial charge in [0.25, 0.3) is 0 Å². The van der Waals surface area contributed by atoms with Crippen LogP contribution in [-0.2, 0) is 0 Å². The lowest BCUT2D eigenvalue weighted by atomic mass is 10.2. The standard InChI is InChI=1S/C8H8.C6H6.C5H8/c1-2-8-6-4-3-5-7-8;1-2-4-6-5-3-1;1-4-5(2)3/h2-7H,1H2;1-6H;4H,1-2H2,3H3. The molecule has 0 radical (unpaired) electrons. The Hall–Kier alpha value is -2.34. The molecule has 0 aliphatic carbocycles. The van der Waals surface area contributed by atoms with Crippen molar-refractivity contribution in [2.75, 3.05) is 0 Å². The maximum absolute atomic E-state index is 3.63. The lowest BCUT2D eigenvalue weighted by molar-refractivity contribution is 1.58. The first kappa shape index (κ1) is 16.7. The Labute approximate surface area is 117 Å². The number of benzene rings is 2. The van der Waals surface area contributed by atoms with Gasteiger partial charge in [-0.05, 0) is 12.5 Å². The van der Waals surface area contributed by atoms with Crippen LogP contribution in [0.4, 0.5) is 0 Å². The van der Waals surface area contributed by atoms with Crippen LogP contribution < -0.4 is 0 Å². The maximum Gasteiger partial charge on any atom is -0.0263 e. The third-order valence-electron chi connectivity index (χ3n) is 2.05. The topological polar surface area (TPSA) is 0 Å². The monoisotopic (exact) mass is 250 g/mol. The van der Waals surface area contributed by atoms with Crippen molar-refractivity contribution in [1.82, 2.24) is 0 Å². The molecule has 0 fully saturated rings. The molecule has 0 bridgehead atoms. The first-order valence-electron chi connectivity index (χ1n) is 6.16. The van der Waals surface area contributed by atoms with Gasteiger partial charge in [-0.3, -0.25) is 0 Å². The number of allylic oxidation sites excluding steroid dienone is 2. The quantitative estimate of drug-likeness (QED) is 0.594. The Morgan fingerprint density at radius 1 is 0.789 bits per heavy atom. The molecular weight excluding hydrogens is 228 g/mol. The molecule has 2 aromatic carbocycles. The molecule has 0 aliphatic heterocycles. The first-order valence-corrected chi connectivity index (χ1v) is 6.16. The molecule has 0 saturated heterocycles. The van der Waals surface area contributed by atoms with Crippen LogP contribution in [0.15, 0.2) is 98.1 Å². The van der Waals surface area contributed by atoms with Gasteiger partial charge in [0.15, 0.2) is 0 Å². The average molecular weight is 250 g/mol. The van der Waals surface area contributed by atoms with Crippen molar-refractivity contribution in [3.63, 3.8) is 0 Å². The van der Waals surface area contributed by atoms with Gasteiger partial charge in [-0.2, -0.15) is 0 Å². The number of hydrogen-bond donors (Lipinski definition) is 0. The summed E-state index contributed by atoms with van der Waals surface area (Å²) in [6, 6.07) is 22.0. The van der Waals surface area contributed by atoms with Crippen molar-refractivity contribution in [2.45, 2.75) is 6.92 Å². The van der Waals surface area contributed by atoms with E-state index in [0.717, 1.165) is 5.57 Å². The van der Waals surface area contributed by atoms with Gasteiger partial charge in [0.05, 0.1) is 0 Å². The highest BCUT2D eigenvalue weighted by Gasteiger charge is 1.75. The molecule has 2 aromatic rings. The summed E-state index contributed by atoms with van der Waals surface area (Å²) in [5.41, 5.74) is 2.19. The largest absolute Gasteiger partial charge is 0.0988 e. The molecule has 0 saturated carbocycles. The summed E-state index contributed by atoms with van der Waals surface area (Å²) in [5.74, 6) is 0. The van der Waals surface area contributed by atoms with Crippen LogP contribution in [0.1, 0.15) is 12.5 Å². The van der Waals surface area contributed by atoms with E-state index in [-0.39, 0.29) is 0 Å². The summed E-state index contributed by atoms with van der Waals surface area (Å²) in [5, 5.41) is 0. The van der Waals surface area contributed by atoms with Gasteiger partial charge in [0.2, 0.25) is 0 Å². The van der Waals surface area contributed by atoms with E-state index in [1.165, 1.54) is 5.56 Å². The van der Waals surface area contributed by atoms with Crippen LogP contribution in [0.2, 0.25) is 0 Å². The van der Waals surface area contributed by atoms with E-state index in [1.807, 2.05) is 79.7 Å². The van der Waals surface area contributed by atoms with Crippen molar-refractivity contribution >= 4 is 6.08 Å². The van der Waals surface area contributed by atoms with Crippen LogP contribution in [0.5, 0.6) is 0 Å². The zero-order valence-electron chi connectivity index (χ0n) is 11.6. The molecule has 98 valence electrons. The molecule has 0 amide bonds. The van der Waals surface area contributed by atoms with Crippen LogP contribution >= 0.6 is 0 Å². The van der Waals surface area contributed by atoms with Crippen molar-refractivity contribution in [1.29, 1.82) is 0 Å². The second-order valence-electron chi connectivity index (χ2n) is 3.82. The number of rotatable bonds is 2. The smallest absolute Gasteiger partial charge is 0.0263 e. The first-order chi connectivity index (χ1) is 9.20. The van der Waals surface area contributed by atoms with E-state index in [1.54, 1.807) is 6.08 Å². The van der Waals surface area contributed by atoms with Gasteiger partial charge < -0.3 is 0 Å². The summed E-state index contributed by atoms with van der Waals surface area (Å²) >= 11 is 0. The van der Waals surface area contributed by atoms with Crippen molar-refractivity contribution in [3.05, 3.63) is 104 Å². The third-order valence-corrected chi connectivity index (χ3v) is 2.05. The summed E-state index contributed by atoms with van der Waals surface area (Å²) in [7, 11) is 0. The molecule has 0 spiro atoms. The molecule has 2 rings (SSSR count). The summed E-state index contributed by atoms with van der Waals surface area (Å²) in [6.45, 7) is 12.6. The van der Waals surface area contributed by atoms with Crippen LogP contribution in [-0.4, -0.2) is 0 Å². The SMILES string of the molecule is C=CC(=C)C.C=Cc1ccccc1.c1ccccc1. The van der Waals surface area contributed by atoms with Gasteiger partial charge >= 0.3 is 0 Å². The minimum absolute atomic E-state index is 1.02. The van der Waals surface area contributed by atoms with E-state index in [2.05, 4.69) is 19.7 Å². The second-order valence-corrected chi connectivity index (χ2v) is 3.82. The van der Waals surface area contributed by atoms with Gasteiger partial charge in [-0.15, -0.1) is 0 Å². The van der Waals surface area contributed by atoms with E-state index >= 15 is 0 Å². The molecule has 0 atom stereocenters. The van der Waals surface area contributed by atoms with E-state index in [0.29, 0.717) is 0 Å². The predicted molar refractivity (Wildman–Crippen MR) is 88.0 cm³/mol. The highest BCUT2D eigenvalue weighted by molar-refractivity contribution is 5.45. The molecule has 0 aliphatic rings.